The Morgan fingerprint density at radius 1 is 1.19 bits per heavy atom. The molecule has 3 rings (SSSR count). The summed E-state index contributed by atoms with van der Waals surface area (Å²) in [6.45, 7) is 0. The number of nitrogens with zero attached hydrogens (tertiary/aromatic N) is 2. The Morgan fingerprint density at radius 2 is 1.90 bits per heavy atom. The molecule has 1 aliphatic heterocycles. The monoisotopic (exact) mass is 288 g/mol. The number of carbonyl (C=O) groups is 2. The van der Waals surface area contributed by atoms with Gasteiger partial charge in [0.15, 0.2) is 0 Å². The van der Waals surface area contributed by atoms with E-state index in [0.29, 0.717) is 17.9 Å². The molecule has 0 spiro atoms. The fraction of sp³-hybridized carbons (Fsp3) is 0.467. The first-order valence-corrected chi connectivity index (χ1v) is 7.19. The van der Waals surface area contributed by atoms with Crippen LogP contribution in [0.4, 0.5) is 5.69 Å². The van der Waals surface area contributed by atoms with E-state index in [-0.39, 0.29) is 23.5 Å². The van der Waals surface area contributed by atoms with Gasteiger partial charge in [-0.25, -0.2) is 0 Å². The van der Waals surface area contributed by atoms with Gasteiger partial charge in [-0.1, -0.05) is 6.42 Å². The number of rotatable bonds is 2. The molecular formula is C15H16N2O4. The van der Waals surface area contributed by atoms with Crippen molar-refractivity contribution in [3.8, 4) is 0 Å². The van der Waals surface area contributed by atoms with Crippen molar-refractivity contribution in [3.63, 3.8) is 0 Å². The van der Waals surface area contributed by atoms with Crippen LogP contribution in [0.5, 0.6) is 0 Å². The number of piperidine rings is 1. The molecule has 1 saturated heterocycles. The predicted octanol–water partition coefficient (Wildman–Crippen LogP) is 2.53. The van der Waals surface area contributed by atoms with Gasteiger partial charge in [-0.05, 0) is 37.3 Å². The molecule has 110 valence electrons. The summed E-state index contributed by atoms with van der Waals surface area (Å²) in [5.74, 6) is -0.0299. The Balaban J connectivity index is 1.85. The van der Waals surface area contributed by atoms with Crippen molar-refractivity contribution in [1.29, 1.82) is 0 Å². The Hall–Kier alpha value is -2.24. The van der Waals surface area contributed by atoms with Crippen molar-refractivity contribution in [2.75, 3.05) is 0 Å². The van der Waals surface area contributed by atoms with E-state index in [1.807, 2.05) is 0 Å². The third-order valence-electron chi connectivity index (χ3n) is 4.49. The maximum absolute atomic E-state index is 12.6. The quantitative estimate of drug-likeness (QED) is 0.476. The van der Waals surface area contributed by atoms with E-state index < -0.39 is 4.92 Å². The van der Waals surface area contributed by atoms with E-state index in [1.54, 1.807) is 0 Å². The van der Waals surface area contributed by atoms with E-state index in [1.165, 1.54) is 29.2 Å². The van der Waals surface area contributed by atoms with Gasteiger partial charge in [0.05, 0.1) is 4.92 Å². The zero-order chi connectivity index (χ0) is 15.0. The fourth-order valence-electron chi connectivity index (χ4n) is 3.44. The topological polar surface area (TPSA) is 80.5 Å². The number of likely N-dealkylation sites (tertiary alicyclic amines) is 1. The highest BCUT2D eigenvalue weighted by atomic mass is 16.6. The third-order valence-corrected chi connectivity index (χ3v) is 4.49. The lowest BCUT2D eigenvalue weighted by atomic mass is 9.91. The summed E-state index contributed by atoms with van der Waals surface area (Å²) in [6.07, 6.45) is 4.28. The molecule has 1 aromatic carbocycles. The number of non-ortho nitro benzene ring substituents is 1. The highest BCUT2D eigenvalue weighted by Crippen LogP contribution is 2.38. The average molecular weight is 288 g/mol. The number of fused-ring (bicyclic) bond motifs is 1. The van der Waals surface area contributed by atoms with Crippen LogP contribution in [0.25, 0.3) is 0 Å². The van der Waals surface area contributed by atoms with E-state index in [9.17, 15) is 19.7 Å². The highest BCUT2D eigenvalue weighted by Gasteiger charge is 2.41. The zero-order valence-corrected chi connectivity index (χ0v) is 11.5. The second-order valence-electron chi connectivity index (χ2n) is 5.67. The summed E-state index contributed by atoms with van der Waals surface area (Å²) < 4.78 is 0. The number of hydrogen-bond donors (Lipinski definition) is 0. The number of hydrogen-bond acceptors (Lipinski definition) is 4. The Labute approximate surface area is 121 Å². The van der Waals surface area contributed by atoms with Gasteiger partial charge in [0.25, 0.3) is 11.6 Å². The standard InChI is InChI=1S/C15H16N2O4/c18-14-9-6-10-2-1-3-13(10)16(14)15(19)11-4-7-12(8-5-11)17(20)21/h4-5,7-8,10,13H,1-3,6,9H2. The van der Waals surface area contributed by atoms with Crippen molar-refractivity contribution >= 4 is 17.5 Å². The number of amides is 2. The van der Waals surface area contributed by atoms with Crippen LogP contribution in [0.2, 0.25) is 0 Å². The summed E-state index contributed by atoms with van der Waals surface area (Å²) in [5.41, 5.74) is 0.275. The predicted molar refractivity (Wildman–Crippen MR) is 74.6 cm³/mol. The molecule has 0 bridgehead atoms. The summed E-state index contributed by atoms with van der Waals surface area (Å²) >= 11 is 0. The van der Waals surface area contributed by atoms with E-state index in [0.717, 1.165) is 25.7 Å². The van der Waals surface area contributed by atoms with Crippen LogP contribution >= 0.6 is 0 Å². The molecule has 0 radical (unpaired) electrons. The first-order chi connectivity index (χ1) is 10.1. The average Bonchev–Trinajstić information content (AvgIpc) is 2.95. The molecule has 2 unspecified atom stereocenters. The summed E-state index contributed by atoms with van der Waals surface area (Å²) in [7, 11) is 0. The van der Waals surface area contributed by atoms with E-state index in [4.69, 9.17) is 0 Å². The molecule has 0 aromatic heterocycles. The SMILES string of the molecule is O=C1CCC2CCCC2N1C(=O)c1ccc([N+](=O)[O-])cc1. The van der Waals surface area contributed by atoms with Gasteiger partial charge in [0.1, 0.15) is 0 Å². The lowest BCUT2D eigenvalue weighted by Gasteiger charge is -2.36. The van der Waals surface area contributed by atoms with E-state index in [2.05, 4.69) is 0 Å². The minimum Gasteiger partial charge on any atom is -0.275 e. The number of imide groups is 1. The van der Waals surface area contributed by atoms with Gasteiger partial charge in [-0.3, -0.25) is 24.6 Å². The smallest absolute Gasteiger partial charge is 0.269 e. The van der Waals surface area contributed by atoms with Gasteiger partial charge in [-0.2, -0.15) is 0 Å². The molecule has 6 heteroatoms. The molecule has 2 fully saturated rings. The lowest BCUT2D eigenvalue weighted by Crippen LogP contribution is -2.49. The minimum absolute atomic E-state index is 0.00828. The van der Waals surface area contributed by atoms with Crippen molar-refractivity contribution in [1.82, 2.24) is 4.90 Å². The molecule has 0 N–H and O–H groups in total. The Kier molecular flexibility index (Phi) is 3.45. The number of benzene rings is 1. The van der Waals surface area contributed by atoms with Crippen molar-refractivity contribution in [3.05, 3.63) is 39.9 Å². The lowest BCUT2D eigenvalue weighted by molar-refractivity contribution is -0.384. The number of carbonyl (C=O) groups excluding carboxylic acids is 2. The molecule has 2 aliphatic rings. The number of nitro benzene ring substituents is 1. The minimum atomic E-state index is -0.507. The van der Waals surface area contributed by atoms with Gasteiger partial charge < -0.3 is 0 Å². The summed E-state index contributed by atoms with van der Waals surface area (Å²) in [6, 6.07) is 5.45. The molecule has 21 heavy (non-hydrogen) atoms. The van der Waals surface area contributed by atoms with Crippen molar-refractivity contribution in [2.24, 2.45) is 5.92 Å². The van der Waals surface area contributed by atoms with Crippen LogP contribution in [0.15, 0.2) is 24.3 Å². The number of nitro groups is 1. The van der Waals surface area contributed by atoms with Crippen LogP contribution in [0.3, 0.4) is 0 Å². The van der Waals surface area contributed by atoms with Gasteiger partial charge in [0, 0.05) is 30.2 Å². The van der Waals surface area contributed by atoms with Crippen LogP contribution in [-0.4, -0.2) is 27.7 Å². The van der Waals surface area contributed by atoms with E-state index >= 15 is 0 Å². The summed E-state index contributed by atoms with van der Waals surface area (Å²) in [5, 5.41) is 10.6. The Morgan fingerprint density at radius 3 is 2.57 bits per heavy atom. The normalized spacial score (nSPS) is 24.8. The summed E-state index contributed by atoms with van der Waals surface area (Å²) in [4.78, 5) is 36.2. The first kappa shape index (κ1) is 13.7. The van der Waals surface area contributed by atoms with Gasteiger partial charge in [0.2, 0.25) is 5.91 Å². The molecule has 1 aromatic rings. The molecule has 1 heterocycles. The second-order valence-corrected chi connectivity index (χ2v) is 5.67. The van der Waals surface area contributed by atoms with Gasteiger partial charge >= 0.3 is 0 Å². The maximum atomic E-state index is 12.6. The van der Waals surface area contributed by atoms with Crippen LogP contribution < -0.4 is 0 Å². The maximum Gasteiger partial charge on any atom is 0.269 e. The Bertz CT molecular complexity index is 596. The zero-order valence-electron chi connectivity index (χ0n) is 11.5. The largest absolute Gasteiger partial charge is 0.275 e. The van der Waals surface area contributed by atoms with Crippen LogP contribution in [0, 0.1) is 16.0 Å². The van der Waals surface area contributed by atoms with Crippen molar-refractivity contribution in [2.45, 2.75) is 38.1 Å². The first-order valence-electron chi connectivity index (χ1n) is 7.19. The fourth-order valence-corrected chi connectivity index (χ4v) is 3.44. The molecular weight excluding hydrogens is 272 g/mol. The molecule has 1 aliphatic carbocycles. The van der Waals surface area contributed by atoms with Gasteiger partial charge in [-0.15, -0.1) is 0 Å². The molecule has 1 saturated carbocycles. The van der Waals surface area contributed by atoms with Crippen LogP contribution in [-0.2, 0) is 4.79 Å². The van der Waals surface area contributed by atoms with Crippen LogP contribution in [0.1, 0.15) is 42.5 Å². The molecule has 2 amide bonds. The second kappa shape index (κ2) is 5.27. The highest BCUT2D eigenvalue weighted by molar-refractivity contribution is 6.05. The third kappa shape index (κ3) is 2.41. The molecule has 2 atom stereocenters. The molecule has 6 nitrogen and oxygen atoms in total. The van der Waals surface area contributed by atoms with Crippen molar-refractivity contribution < 1.29 is 14.5 Å².